The van der Waals surface area contributed by atoms with Crippen molar-refractivity contribution in [3.05, 3.63) is 59.2 Å². The summed E-state index contributed by atoms with van der Waals surface area (Å²) in [6.45, 7) is 5.60. The van der Waals surface area contributed by atoms with E-state index in [1.165, 1.54) is 6.07 Å². The fraction of sp³-hybridized carbons (Fsp3) is 0.250. The lowest BCUT2D eigenvalue weighted by Gasteiger charge is -2.29. The van der Waals surface area contributed by atoms with Crippen LogP contribution in [0, 0.1) is 6.92 Å². The summed E-state index contributed by atoms with van der Waals surface area (Å²) in [7, 11) is -4.47. The van der Waals surface area contributed by atoms with Crippen LogP contribution in [0.25, 0.3) is 0 Å². The van der Waals surface area contributed by atoms with Crippen LogP contribution < -0.4 is 0 Å². The summed E-state index contributed by atoms with van der Waals surface area (Å²) in [6.07, 6.45) is 0. The molecule has 0 aliphatic rings. The topological polar surface area (TPSA) is 74.6 Å². The minimum Gasteiger partial charge on any atom is -0.506 e. The first kappa shape index (κ1) is 15.5. The first-order valence-corrected chi connectivity index (χ1v) is 7.96. The molecule has 0 aliphatic heterocycles. The normalized spacial score (nSPS) is 12.4. The second-order valence-corrected chi connectivity index (χ2v) is 6.96. The maximum atomic E-state index is 11.4. The molecule has 2 N–H and O–H groups in total. The lowest BCUT2D eigenvalue weighted by atomic mass is 9.76. The molecule has 0 atom stereocenters. The molecule has 0 saturated heterocycles. The molecule has 0 amide bonds. The maximum absolute atomic E-state index is 11.4. The number of rotatable bonds is 3. The van der Waals surface area contributed by atoms with E-state index in [0.717, 1.165) is 11.1 Å². The molecule has 0 unspecified atom stereocenters. The highest BCUT2D eigenvalue weighted by molar-refractivity contribution is 7.86. The Labute approximate surface area is 124 Å². The van der Waals surface area contributed by atoms with E-state index in [4.69, 9.17) is 0 Å². The summed E-state index contributed by atoms with van der Waals surface area (Å²) < 4.78 is 32.0. The standard InChI is InChI=1S/C16H18O4S/c1-11-9-10-13(21(18,19)20)15(17)14(11)16(2,3)12-7-5-4-6-8-12/h4-10,17H,1-3H3,(H,18,19,20). The van der Waals surface area contributed by atoms with Crippen LogP contribution in [0.3, 0.4) is 0 Å². The van der Waals surface area contributed by atoms with E-state index < -0.39 is 26.2 Å². The molecule has 21 heavy (non-hydrogen) atoms. The Kier molecular flexibility index (Phi) is 3.82. The van der Waals surface area contributed by atoms with Gasteiger partial charge in [-0.1, -0.05) is 50.2 Å². The van der Waals surface area contributed by atoms with Crippen molar-refractivity contribution in [3.63, 3.8) is 0 Å². The van der Waals surface area contributed by atoms with Crippen molar-refractivity contribution in [1.82, 2.24) is 0 Å². The molecule has 0 heterocycles. The van der Waals surface area contributed by atoms with E-state index in [1.807, 2.05) is 44.2 Å². The molecule has 0 spiro atoms. The third-order valence-corrected chi connectivity index (χ3v) is 4.63. The highest BCUT2D eigenvalue weighted by atomic mass is 32.2. The van der Waals surface area contributed by atoms with Crippen LogP contribution >= 0.6 is 0 Å². The number of phenolic OH excluding ortho intramolecular Hbond substituents is 1. The average Bonchev–Trinajstić information content (AvgIpc) is 2.38. The van der Waals surface area contributed by atoms with Gasteiger partial charge in [0, 0.05) is 11.0 Å². The van der Waals surface area contributed by atoms with Crippen molar-refractivity contribution in [2.24, 2.45) is 0 Å². The highest BCUT2D eigenvalue weighted by Gasteiger charge is 2.31. The third-order valence-electron chi connectivity index (χ3n) is 3.75. The molecular weight excluding hydrogens is 288 g/mol. The Morgan fingerprint density at radius 1 is 1.00 bits per heavy atom. The zero-order valence-electron chi connectivity index (χ0n) is 12.2. The number of phenols is 1. The summed E-state index contributed by atoms with van der Waals surface area (Å²) in [6, 6.07) is 12.3. The smallest absolute Gasteiger partial charge is 0.298 e. The third kappa shape index (κ3) is 2.80. The highest BCUT2D eigenvalue weighted by Crippen LogP contribution is 2.41. The Bertz CT molecular complexity index is 762. The number of aromatic hydroxyl groups is 1. The first-order chi connectivity index (χ1) is 9.65. The van der Waals surface area contributed by atoms with Crippen LogP contribution in [0.5, 0.6) is 5.75 Å². The molecule has 2 aromatic carbocycles. The van der Waals surface area contributed by atoms with Crippen molar-refractivity contribution in [1.29, 1.82) is 0 Å². The maximum Gasteiger partial charge on any atom is 0.298 e. The van der Waals surface area contributed by atoms with Crippen LogP contribution in [0.15, 0.2) is 47.4 Å². The molecule has 4 nitrogen and oxygen atoms in total. The van der Waals surface area contributed by atoms with Crippen LogP contribution in [-0.2, 0) is 15.5 Å². The fourth-order valence-corrected chi connectivity index (χ4v) is 3.26. The molecule has 0 saturated carbocycles. The van der Waals surface area contributed by atoms with Crippen LogP contribution in [0.1, 0.15) is 30.5 Å². The van der Waals surface area contributed by atoms with Gasteiger partial charge < -0.3 is 5.11 Å². The molecule has 2 aromatic rings. The van der Waals surface area contributed by atoms with Crippen LogP contribution in [-0.4, -0.2) is 18.1 Å². The SMILES string of the molecule is Cc1ccc(S(=O)(=O)O)c(O)c1C(C)(C)c1ccccc1. The Hall–Kier alpha value is -1.85. The van der Waals surface area contributed by atoms with Crippen molar-refractivity contribution < 1.29 is 18.1 Å². The monoisotopic (exact) mass is 306 g/mol. The van der Waals surface area contributed by atoms with Crippen molar-refractivity contribution >= 4 is 10.1 Å². The molecule has 5 heteroatoms. The first-order valence-electron chi connectivity index (χ1n) is 6.52. The Morgan fingerprint density at radius 3 is 2.10 bits per heavy atom. The minimum absolute atomic E-state index is 0.397. The van der Waals surface area contributed by atoms with Gasteiger partial charge in [-0.05, 0) is 24.1 Å². The Morgan fingerprint density at radius 2 is 1.57 bits per heavy atom. The quantitative estimate of drug-likeness (QED) is 0.853. The second kappa shape index (κ2) is 5.16. The van der Waals surface area contributed by atoms with Crippen LogP contribution in [0.2, 0.25) is 0 Å². The van der Waals surface area contributed by atoms with E-state index in [1.54, 1.807) is 13.0 Å². The predicted octanol–water partition coefficient (Wildman–Crippen LogP) is 3.27. The molecule has 0 fully saturated rings. The molecule has 112 valence electrons. The zero-order valence-corrected chi connectivity index (χ0v) is 13.0. The van der Waals surface area contributed by atoms with Crippen LogP contribution in [0.4, 0.5) is 0 Å². The molecule has 0 radical (unpaired) electrons. The van der Waals surface area contributed by atoms with Gasteiger partial charge in [-0.15, -0.1) is 0 Å². The summed E-state index contributed by atoms with van der Waals surface area (Å²) >= 11 is 0. The van der Waals surface area contributed by atoms with Crippen molar-refractivity contribution in [3.8, 4) is 5.75 Å². The van der Waals surface area contributed by atoms with Gasteiger partial charge in [0.1, 0.15) is 10.6 Å². The minimum atomic E-state index is -4.47. The average molecular weight is 306 g/mol. The van der Waals surface area contributed by atoms with Gasteiger partial charge in [-0.3, -0.25) is 4.55 Å². The van der Waals surface area contributed by atoms with E-state index in [0.29, 0.717) is 5.56 Å². The number of aryl methyl sites for hydroxylation is 1. The van der Waals surface area contributed by atoms with Gasteiger partial charge in [0.2, 0.25) is 0 Å². The lowest BCUT2D eigenvalue weighted by molar-refractivity contribution is 0.426. The molecular formula is C16H18O4S. The fourth-order valence-electron chi connectivity index (χ4n) is 2.67. The van der Waals surface area contributed by atoms with E-state index in [2.05, 4.69) is 0 Å². The molecule has 2 rings (SSSR count). The molecule has 0 aliphatic carbocycles. The Balaban J connectivity index is 2.75. The van der Waals surface area contributed by atoms with E-state index in [-0.39, 0.29) is 0 Å². The van der Waals surface area contributed by atoms with Gasteiger partial charge >= 0.3 is 0 Å². The summed E-state index contributed by atoms with van der Waals surface area (Å²) in [5.41, 5.74) is 1.59. The largest absolute Gasteiger partial charge is 0.506 e. The lowest BCUT2D eigenvalue weighted by Crippen LogP contribution is -2.21. The van der Waals surface area contributed by atoms with Gasteiger partial charge in [0.15, 0.2) is 0 Å². The number of hydrogen-bond donors (Lipinski definition) is 2. The summed E-state index contributed by atoms with van der Waals surface area (Å²) in [4.78, 5) is -0.466. The van der Waals surface area contributed by atoms with Gasteiger partial charge in [-0.2, -0.15) is 8.42 Å². The van der Waals surface area contributed by atoms with E-state index in [9.17, 15) is 18.1 Å². The number of benzene rings is 2. The summed E-state index contributed by atoms with van der Waals surface area (Å²) in [5.74, 6) is -0.397. The van der Waals surface area contributed by atoms with Crippen molar-refractivity contribution in [2.75, 3.05) is 0 Å². The molecule has 0 bridgehead atoms. The summed E-state index contributed by atoms with van der Waals surface area (Å²) in [5, 5.41) is 10.4. The predicted molar refractivity (Wildman–Crippen MR) is 81.2 cm³/mol. The van der Waals surface area contributed by atoms with Gasteiger partial charge in [-0.25, -0.2) is 0 Å². The van der Waals surface area contributed by atoms with E-state index >= 15 is 0 Å². The zero-order chi connectivity index (χ0) is 15.8. The number of hydrogen-bond acceptors (Lipinski definition) is 3. The molecule has 0 aromatic heterocycles. The van der Waals surface area contributed by atoms with Gasteiger partial charge in [0.25, 0.3) is 10.1 Å². The van der Waals surface area contributed by atoms with Gasteiger partial charge in [0.05, 0.1) is 0 Å². The van der Waals surface area contributed by atoms with Crippen molar-refractivity contribution in [2.45, 2.75) is 31.1 Å². The second-order valence-electron chi connectivity index (χ2n) is 5.57.